The summed E-state index contributed by atoms with van der Waals surface area (Å²) in [4.78, 5) is 13.0. The number of thiophene rings is 1. The van der Waals surface area contributed by atoms with Crippen molar-refractivity contribution in [2.75, 3.05) is 0 Å². The van der Waals surface area contributed by atoms with E-state index in [-0.39, 0.29) is 5.91 Å². The number of carbonyl (C=O) groups is 1. The zero-order chi connectivity index (χ0) is 12.8. The molecular weight excluding hydrogens is 242 g/mol. The Morgan fingerprint density at radius 1 is 1.22 bits per heavy atom. The van der Waals surface area contributed by atoms with Gasteiger partial charge in [-0.15, -0.1) is 11.3 Å². The molecule has 1 heterocycles. The van der Waals surface area contributed by atoms with E-state index in [0.29, 0.717) is 6.54 Å². The van der Waals surface area contributed by atoms with Gasteiger partial charge in [-0.3, -0.25) is 4.79 Å². The summed E-state index contributed by atoms with van der Waals surface area (Å²) in [6.45, 7) is 2.40. The highest BCUT2D eigenvalue weighted by molar-refractivity contribution is 7.10. The Labute approximate surface area is 111 Å². The molecule has 92 valence electrons. The fourth-order valence-electron chi connectivity index (χ4n) is 1.57. The van der Waals surface area contributed by atoms with Crippen LogP contribution < -0.4 is 5.32 Å². The van der Waals surface area contributed by atoms with Crippen LogP contribution in [-0.4, -0.2) is 5.91 Å². The van der Waals surface area contributed by atoms with Gasteiger partial charge in [-0.25, -0.2) is 0 Å². The average Bonchev–Trinajstić information content (AvgIpc) is 2.90. The average molecular weight is 257 g/mol. The number of carbonyl (C=O) groups excluding carboxylic acids is 1. The summed E-state index contributed by atoms with van der Waals surface area (Å²) < 4.78 is 0. The van der Waals surface area contributed by atoms with Crippen molar-refractivity contribution in [1.29, 1.82) is 0 Å². The maximum atomic E-state index is 11.9. The lowest BCUT2D eigenvalue weighted by Crippen LogP contribution is -2.23. The van der Waals surface area contributed by atoms with Gasteiger partial charge in [-0.05, 0) is 30.0 Å². The fraction of sp³-hybridized carbons (Fsp3) is 0.133. The molecule has 0 saturated heterocycles. The highest BCUT2D eigenvalue weighted by Gasteiger charge is 2.04. The van der Waals surface area contributed by atoms with E-state index in [4.69, 9.17) is 0 Å². The largest absolute Gasteiger partial charge is 0.348 e. The zero-order valence-corrected chi connectivity index (χ0v) is 11.0. The van der Waals surface area contributed by atoms with Crippen molar-refractivity contribution in [2.24, 2.45) is 0 Å². The summed E-state index contributed by atoms with van der Waals surface area (Å²) >= 11 is 1.63. The molecule has 2 rings (SSSR count). The van der Waals surface area contributed by atoms with E-state index in [9.17, 15) is 4.79 Å². The molecule has 2 nitrogen and oxygen atoms in total. The summed E-state index contributed by atoms with van der Waals surface area (Å²) in [5.41, 5.74) is 1.84. The Hall–Kier alpha value is -1.87. The van der Waals surface area contributed by atoms with Gasteiger partial charge in [0.25, 0.3) is 0 Å². The van der Waals surface area contributed by atoms with Crippen molar-refractivity contribution < 1.29 is 4.79 Å². The Morgan fingerprint density at radius 3 is 2.67 bits per heavy atom. The third-order valence-electron chi connectivity index (χ3n) is 2.56. The Kier molecular flexibility index (Phi) is 4.31. The van der Waals surface area contributed by atoms with Crippen LogP contribution in [-0.2, 0) is 11.3 Å². The molecular formula is C15H15NOS. The molecule has 0 spiro atoms. The second kappa shape index (κ2) is 6.17. The molecule has 0 atom stereocenters. The minimum Gasteiger partial charge on any atom is -0.348 e. The first-order valence-electron chi connectivity index (χ1n) is 5.79. The van der Waals surface area contributed by atoms with Crippen LogP contribution in [0.1, 0.15) is 17.4 Å². The second-order valence-corrected chi connectivity index (χ2v) is 4.99. The van der Waals surface area contributed by atoms with E-state index >= 15 is 0 Å². The van der Waals surface area contributed by atoms with Crippen molar-refractivity contribution in [1.82, 2.24) is 5.32 Å². The molecule has 0 aliphatic heterocycles. The summed E-state index contributed by atoms with van der Waals surface area (Å²) in [7, 11) is 0. The highest BCUT2D eigenvalue weighted by atomic mass is 32.1. The molecule has 3 heteroatoms. The topological polar surface area (TPSA) is 29.1 Å². The van der Waals surface area contributed by atoms with E-state index in [1.54, 1.807) is 11.3 Å². The molecule has 18 heavy (non-hydrogen) atoms. The maximum Gasteiger partial charge on any atom is 0.247 e. The predicted molar refractivity (Wildman–Crippen MR) is 76.3 cm³/mol. The Balaban J connectivity index is 1.92. The van der Waals surface area contributed by atoms with Gasteiger partial charge in [0.1, 0.15) is 0 Å². The number of amides is 1. The summed E-state index contributed by atoms with van der Waals surface area (Å²) in [5, 5.41) is 4.91. The summed E-state index contributed by atoms with van der Waals surface area (Å²) in [6.07, 6.45) is 1.91. The Morgan fingerprint density at radius 2 is 2.00 bits per heavy atom. The number of benzene rings is 1. The van der Waals surface area contributed by atoms with Crippen LogP contribution in [0.3, 0.4) is 0 Å². The molecule has 0 radical (unpaired) electrons. The van der Waals surface area contributed by atoms with Crippen molar-refractivity contribution in [3.05, 3.63) is 63.9 Å². The van der Waals surface area contributed by atoms with Gasteiger partial charge in [0.2, 0.25) is 5.91 Å². The maximum absolute atomic E-state index is 11.9. The van der Waals surface area contributed by atoms with E-state index in [1.165, 1.54) is 0 Å². The first-order valence-corrected chi connectivity index (χ1v) is 6.67. The number of hydrogen-bond donors (Lipinski definition) is 1. The van der Waals surface area contributed by atoms with Crippen LogP contribution in [0.15, 0.2) is 53.4 Å². The third kappa shape index (κ3) is 3.57. The van der Waals surface area contributed by atoms with Crippen LogP contribution >= 0.6 is 11.3 Å². The lowest BCUT2D eigenvalue weighted by atomic mass is 10.2. The van der Waals surface area contributed by atoms with Crippen molar-refractivity contribution in [3.63, 3.8) is 0 Å². The summed E-state index contributed by atoms with van der Waals surface area (Å²) in [5.74, 6) is -0.0211. The standard InChI is InChI=1S/C15H15NOS/c1-12(10-14-8-5-9-18-14)15(17)16-11-13-6-3-2-4-7-13/h2-10H,11H2,1H3,(H,16,17)/b12-10+. The molecule has 0 unspecified atom stereocenters. The number of nitrogens with one attached hydrogen (secondary N) is 1. The van der Waals surface area contributed by atoms with Crippen molar-refractivity contribution in [3.8, 4) is 0 Å². The van der Waals surface area contributed by atoms with Crippen LogP contribution in [0.2, 0.25) is 0 Å². The monoisotopic (exact) mass is 257 g/mol. The molecule has 0 aliphatic rings. The molecule has 0 fully saturated rings. The highest BCUT2D eigenvalue weighted by Crippen LogP contribution is 2.13. The summed E-state index contributed by atoms with van der Waals surface area (Å²) in [6, 6.07) is 13.9. The lowest BCUT2D eigenvalue weighted by molar-refractivity contribution is -0.117. The molecule has 1 N–H and O–H groups in total. The molecule has 2 aromatic rings. The number of hydrogen-bond acceptors (Lipinski definition) is 2. The molecule has 0 aliphatic carbocycles. The van der Waals surface area contributed by atoms with Gasteiger partial charge in [0, 0.05) is 17.0 Å². The third-order valence-corrected chi connectivity index (χ3v) is 3.38. The lowest BCUT2D eigenvalue weighted by Gasteiger charge is -2.05. The first-order chi connectivity index (χ1) is 8.75. The van der Waals surface area contributed by atoms with Gasteiger partial charge in [0.05, 0.1) is 0 Å². The van der Waals surface area contributed by atoms with Gasteiger partial charge >= 0.3 is 0 Å². The fourth-order valence-corrected chi connectivity index (χ4v) is 2.29. The van der Waals surface area contributed by atoms with E-state index in [0.717, 1.165) is 16.0 Å². The van der Waals surface area contributed by atoms with Crippen LogP contribution in [0.4, 0.5) is 0 Å². The normalized spacial score (nSPS) is 11.3. The molecule has 1 aromatic heterocycles. The van der Waals surface area contributed by atoms with Gasteiger partial charge in [-0.2, -0.15) is 0 Å². The van der Waals surface area contributed by atoms with Crippen LogP contribution in [0.5, 0.6) is 0 Å². The van der Waals surface area contributed by atoms with Gasteiger partial charge in [-0.1, -0.05) is 36.4 Å². The predicted octanol–water partition coefficient (Wildman–Crippen LogP) is 3.47. The van der Waals surface area contributed by atoms with E-state index < -0.39 is 0 Å². The SMILES string of the molecule is C/C(=C\c1cccs1)C(=O)NCc1ccccc1. The van der Waals surface area contributed by atoms with Gasteiger partial charge in [0.15, 0.2) is 0 Å². The molecule has 0 saturated carbocycles. The zero-order valence-electron chi connectivity index (χ0n) is 10.2. The molecule has 0 bridgehead atoms. The molecule has 1 aromatic carbocycles. The quantitative estimate of drug-likeness (QED) is 0.835. The Bertz CT molecular complexity index is 529. The number of rotatable bonds is 4. The first kappa shape index (κ1) is 12.6. The van der Waals surface area contributed by atoms with E-state index in [2.05, 4.69) is 5.32 Å². The van der Waals surface area contributed by atoms with Crippen molar-refractivity contribution in [2.45, 2.75) is 13.5 Å². The minimum atomic E-state index is -0.0211. The van der Waals surface area contributed by atoms with Crippen molar-refractivity contribution >= 4 is 23.3 Å². The van der Waals surface area contributed by atoms with Gasteiger partial charge < -0.3 is 5.32 Å². The second-order valence-electron chi connectivity index (χ2n) is 4.01. The van der Waals surface area contributed by atoms with E-state index in [1.807, 2.05) is 60.8 Å². The van der Waals surface area contributed by atoms with Crippen LogP contribution in [0.25, 0.3) is 6.08 Å². The van der Waals surface area contributed by atoms with Crippen LogP contribution in [0, 0.1) is 0 Å². The minimum absolute atomic E-state index is 0.0211. The molecule has 1 amide bonds. The smallest absolute Gasteiger partial charge is 0.247 e.